The van der Waals surface area contributed by atoms with Gasteiger partial charge in [-0.2, -0.15) is 0 Å². The van der Waals surface area contributed by atoms with E-state index in [-0.39, 0.29) is 23.5 Å². The van der Waals surface area contributed by atoms with Crippen molar-refractivity contribution in [1.82, 2.24) is 4.90 Å². The van der Waals surface area contributed by atoms with Crippen molar-refractivity contribution >= 4 is 27.1 Å². The van der Waals surface area contributed by atoms with Gasteiger partial charge < -0.3 is 4.90 Å². The van der Waals surface area contributed by atoms with Crippen LogP contribution in [0.4, 0.5) is 0 Å². The predicted octanol–water partition coefficient (Wildman–Crippen LogP) is 2.35. The molecule has 1 aromatic rings. The molecule has 0 aliphatic carbocycles. The van der Waals surface area contributed by atoms with Crippen LogP contribution in [0.25, 0.3) is 0 Å². The third kappa shape index (κ3) is 5.63. The van der Waals surface area contributed by atoms with Crippen LogP contribution in [-0.2, 0) is 21.1 Å². The van der Waals surface area contributed by atoms with Crippen LogP contribution in [0.2, 0.25) is 0 Å². The highest BCUT2D eigenvalue weighted by atomic mass is 32.2. The molecular formula is C14H23NO3S2. The zero-order chi connectivity index (χ0) is 15.2. The fraction of sp³-hybridized carbons (Fsp3) is 0.643. The third-order valence-electron chi connectivity index (χ3n) is 3.38. The van der Waals surface area contributed by atoms with E-state index in [2.05, 4.69) is 6.07 Å². The molecule has 20 heavy (non-hydrogen) atoms. The van der Waals surface area contributed by atoms with E-state index >= 15 is 0 Å². The average molecular weight is 317 g/mol. The number of carbonyl (C=O) groups excluding carboxylic acids is 1. The van der Waals surface area contributed by atoms with Gasteiger partial charge >= 0.3 is 0 Å². The van der Waals surface area contributed by atoms with Crippen molar-refractivity contribution in [3.05, 3.63) is 22.4 Å². The van der Waals surface area contributed by atoms with Crippen molar-refractivity contribution < 1.29 is 13.2 Å². The molecule has 0 spiro atoms. The minimum Gasteiger partial charge on any atom is -0.342 e. The first-order valence-corrected chi connectivity index (χ1v) is 9.54. The molecule has 0 aliphatic heterocycles. The lowest BCUT2D eigenvalue weighted by molar-refractivity contribution is -0.131. The van der Waals surface area contributed by atoms with Crippen LogP contribution in [-0.4, -0.2) is 43.8 Å². The summed E-state index contributed by atoms with van der Waals surface area (Å²) in [6, 6.07) is 3.80. The third-order valence-corrected chi connectivity index (χ3v) is 6.19. The standard InChI is InChI=1S/C14H23NO3S2/c1-4-20(17,18)11-12(2)15(3)14(16)9-5-7-13-8-6-10-19-13/h6,8,10,12H,4-5,7,9,11H2,1-3H3. The second kappa shape index (κ2) is 7.78. The molecule has 1 amide bonds. The molecule has 1 heterocycles. The SMILES string of the molecule is CCS(=O)(=O)CC(C)N(C)C(=O)CCCc1cccs1. The molecule has 0 aliphatic rings. The van der Waals surface area contributed by atoms with Crippen molar-refractivity contribution in [1.29, 1.82) is 0 Å². The Labute approximate surface area is 125 Å². The Hall–Kier alpha value is -0.880. The second-order valence-electron chi connectivity index (χ2n) is 4.99. The summed E-state index contributed by atoms with van der Waals surface area (Å²) in [4.78, 5) is 14.9. The smallest absolute Gasteiger partial charge is 0.222 e. The molecule has 4 nitrogen and oxygen atoms in total. The number of sulfone groups is 1. The number of carbonyl (C=O) groups is 1. The van der Waals surface area contributed by atoms with E-state index < -0.39 is 9.84 Å². The lowest BCUT2D eigenvalue weighted by atomic mass is 10.2. The van der Waals surface area contributed by atoms with Crippen LogP contribution in [0.3, 0.4) is 0 Å². The summed E-state index contributed by atoms with van der Waals surface area (Å²) < 4.78 is 23.1. The van der Waals surface area contributed by atoms with Gasteiger partial charge in [0.2, 0.25) is 5.91 Å². The van der Waals surface area contributed by atoms with Crippen LogP contribution < -0.4 is 0 Å². The lowest BCUT2D eigenvalue weighted by Crippen LogP contribution is -2.39. The molecule has 1 aromatic heterocycles. The number of rotatable bonds is 8. The number of aryl methyl sites for hydroxylation is 1. The summed E-state index contributed by atoms with van der Waals surface area (Å²) in [5, 5.41) is 2.03. The van der Waals surface area contributed by atoms with Crippen molar-refractivity contribution in [3.63, 3.8) is 0 Å². The molecule has 1 rings (SSSR count). The van der Waals surface area contributed by atoms with Gasteiger partial charge in [-0.05, 0) is 31.2 Å². The fourth-order valence-electron chi connectivity index (χ4n) is 1.89. The summed E-state index contributed by atoms with van der Waals surface area (Å²) in [7, 11) is -1.36. The van der Waals surface area contributed by atoms with Crippen LogP contribution in [0, 0.1) is 0 Å². The van der Waals surface area contributed by atoms with Crippen LogP contribution in [0.15, 0.2) is 17.5 Å². The monoisotopic (exact) mass is 317 g/mol. The Balaban J connectivity index is 2.38. The largest absolute Gasteiger partial charge is 0.342 e. The van der Waals surface area contributed by atoms with Crippen molar-refractivity contribution in [2.75, 3.05) is 18.6 Å². The highest BCUT2D eigenvalue weighted by Gasteiger charge is 2.20. The average Bonchev–Trinajstić information content (AvgIpc) is 2.90. The maximum Gasteiger partial charge on any atom is 0.222 e. The van der Waals surface area contributed by atoms with Gasteiger partial charge in [0.25, 0.3) is 0 Å². The second-order valence-corrected chi connectivity index (χ2v) is 8.42. The van der Waals surface area contributed by atoms with Gasteiger partial charge in [-0.1, -0.05) is 13.0 Å². The van der Waals surface area contributed by atoms with Crippen molar-refractivity contribution in [3.8, 4) is 0 Å². The molecule has 6 heteroatoms. The maximum atomic E-state index is 12.0. The summed E-state index contributed by atoms with van der Waals surface area (Å²) in [5.41, 5.74) is 0. The molecule has 1 unspecified atom stereocenters. The van der Waals surface area contributed by atoms with Gasteiger partial charge in [-0.25, -0.2) is 8.42 Å². The van der Waals surface area contributed by atoms with Gasteiger partial charge in [0.1, 0.15) is 0 Å². The molecule has 0 radical (unpaired) electrons. The summed E-state index contributed by atoms with van der Waals surface area (Å²) >= 11 is 1.70. The molecule has 0 saturated carbocycles. The highest BCUT2D eigenvalue weighted by Crippen LogP contribution is 2.13. The van der Waals surface area contributed by atoms with Gasteiger partial charge in [-0.3, -0.25) is 4.79 Å². The fourth-order valence-corrected chi connectivity index (χ4v) is 3.83. The van der Waals surface area contributed by atoms with E-state index in [0.29, 0.717) is 6.42 Å². The molecular weight excluding hydrogens is 294 g/mol. The van der Waals surface area contributed by atoms with E-state index in [1.54, 1.807) is 37.1 Å². The molecule has 0 fully saturated rings. The Kier molecular flexibility index (Phi) is 6.68. The first-order chi connectivity index (χ1) is 9.35. The van der Waals surface area contributed by atoms with E-state index in [4.69, 9.17) is 0 Å². The number of nitrogens with zero attached hydrogens (tertiary/aromatic N) is 1. The van der Waals surface area contributed by atoms with E-state index in [9.17, 15) is 13.2 Å². The molecule has 0 N–H and O–H groups in total. The van der Waals surface area contributed by atoms with Crippen LogP contribution in [0.1, 0.15) is 31.6 Å². The number of thiophene rings is 1. The molecule has 1 atom stereocenters. The summed E-state index contributed by atoms with van der Waals surface area (Å²) in [5.74, 6) is 0.175. The number of amides is 1. The van der Waals surface area contributed by atoms with Gasteiger partial charge in [0.05, 0.1) is 5.75 Å². The van der Waals surface area contributed by atoms with Gasteiger partial charge in [-0.15, -0.1) is 11.3 Å². The first-order valence-electron chi connectivity index (χ1n) is 6.84. The maximum absolute atomic E-state index is 12.0. The first kappa shape index (κ1) is 17.2. The normalized spacial score (nSPS) is 13.2. The molecule has 0 saturated heterocycles. The number of hydrogen-bond acceptors (Lipinski definition) is 4. The van der Waals surface area contributed by atoms with E-state index in [0.717, 1.165) is 12.8 Å². The van der Waals surface area contributed by atoms with E-state index in [1.807, 2.05) is 11.4 Å². The minimum atomic E-state index is -3.05. The zero-order valence-corrected chi connectivity index (χ0v) is 14.0. The summed E-state index contributed by atoms with van der Waals surface area (Å²) in [6.45, 7) is 3.41. The van der Waals surface area contributed by atoms with E-state index in [1.165, 1.54) is 4.88 Å². The highest BCUT2D eigenvalue weighted by molar-refractivity contribution is 7.91. The zero-order valence-electron chi connectivity index (χ0n) is 12.3. The number of hydrogen-bond donors (Lipinski definition) is 0. The Morgan fingerprint density at radius 3 is 2.70 bits per heavy atom. The predicted molar refractivity (Wildman–Crippen MR) is 83.8 cm³/mol. The van der Waals surface area contributed by atoms with Crippen molar-refractivity contribution in [2.45, 2.75) is 39.2 Å². The van der Waals surface area contributed by atoms with Crippen LogP contribution >= 0.6 is 11.3 Å². The van der Waals surface area contributed by atoms with Gasteiger partial charge in [0.15, 0.2) is 9.84 Å². The molecule has 114 valence electrons. The molecule has 0 bridgehead atoms. The lowest BCUT2D eigenvalue weighted by Gasteiger charge is -2.24. The topological polar surface area (TPSA) is 54.5 Å². The quantitative estimate of drug-likeness (QED) is 0.739. The minimum absolute atomic E-state index is 0.0142. The Bertz CT molecular complexity index is 509. The Morgan fingerprint density at radius 1 is 1.45 bits per heavy atom. The van der Waals surface area contributed by atoms with Gasteiger partial charge in [0, 0.05) is 30.1 Å². The Morgan fingerprint density at radius 2 is 2.15 bits per heavy atom. The summed E-state index contributed by atoms with van der Waals surface area (Å²) in [6.07, 6.45) is 2.17. The van der Waals surface area contributed by atoms with Crippen LogP contribution in [0.5, 0.6) is 0 Å². The molecule has 0 aromatic carbocycles. The van der Waals surface area contributed by atoms with Crippen molar-refractivity contribution in [2.24, 2.45) is 0 Å².